The lowest BCUT2D eigenvalue weighted by Gasteiger charge is -2.46. The largest absolute Gasteiger partial charge is 0.464 e. The molecule has 0 aliphatic carbocycles. The molecule has 4 atom stereocenters. The van der Waals surface area contributed by atoms with Gasteiger partial charge in [0.1, 0.15) is 24.1 Å². The van der Waals surface area contributed by atoms with Crippen LogP contribution in [0.5, 0.6) is 0 Å². The fourth-order valence-electron chi connectivity index (χ4n) is 2.11. The third kappa shape index (κ3) is 3.87. The van der Waals surface area contributed by atoms with E-state index < -0.39 is 14.6 Å². The van der Waals surface area contributed by atoms with Gasteiger partial charge in [-0.3, -0.25) is 0 Å². The second kappa shape index (κ2) is 6.79. The summed E-state index contributed by atoms with van der Waals surface area (Å²) < 4.78 is 28.6. The molecule has 6 heteroatoms. The van der Waals surface area contributed by atoms with Crippen molar-refractivity contribution < 1.29 is 23.4 Å². The summed E-state index contributed by atoms with van der Waals surface area (Å²) in [5.41, 5.74) is 0. The molecule has 1 aliphatic heterocycles. The van der Waals surface area contributed by atoms with E-state index in [1.54, 1.807) is 21.3 Å². The third-order valence-corrected chi connectivity index (χ3v) is 8.94. The second-order valence-electron chi connectivity index (χ2n) is 6.89. The van der Waals surface area contributed by atoms with Gasteiger partial charge in [0.2, 0.25) is 6.29 Å². The van der Waals surface area contributed by atoms with Gasteiger partial charge in [0.05, 0.1) is 0 Å². The highest BCUT2D eigenvalue weighted by Gasteiger charge is 2.49. The van der Waals surface area contributed by atoms with Crippen LogP contribution in [-0.4, -0.2) is 54.2 Å². The summed E-state index contributed by atoms with van der Waals surface area (Å²) in [5, 5.41) is 0.0895. The Balaban J connectivity index is 3.02. The first-order valence-corrected chi connectivity index (χ1v) is 10.1. The van der Waals surface area contributed by atoms with Gasteiger partial charge in [-0.1, -0.05) is 27.4 Å². The fraction of sp³-hybridized carbons (Fsp3) is 0.867. The summed E-state index contributed by atoms with van der Waals surface area (Å²) in [7, 11) is 2.85. The molecular weight excluding hydrogens is 288 g/mol. The van der Waals surface area contributed by atoms with Gasteiger partial charge in [-0.05, 0) is 18.1 Å². The highest BCUT2D eigenvalue weighted by molar-refractivity contribution is 6.74. The fourth-order valence-corrected chi connectivity index (χ4v) is 3.36. The molecule has 5 nitrogen and oxygen atoms in total. The maximum atomic E-state index is 6.44. The molecule has 0 aromatic heterocycles. The minimum Gasteiger partial charge on any atom is -0.464 e. The molecular formula is C15H30O5Si. The van der Waals surface area contributed by atoms with Gasteiger partial charge in [0, 0.05) is 21.3 Å². The van der Waals surface area contributed by atoms with Crippen molar-refractivity contribution in [2.45, 2.75) is 63.5 Å². The third-order valence-electron chi connectivity index (χ3n) is 4.48. The number of hydrogen-bond donors (Lipinski definition) is 0. The summed E-state index contributed by atoms with van der Waals surface area (Å²) in [6.45, 7) is 15.0. The molecule has 0 aromatic rings. The zero-order chi connectivity index (χ0) is 16.4. The monoisotopic (exact) mass is 318 g/mol. The standard InChI is InChI=1S/C15H30O5Si/c1-10-11(20-21(8,9)15(2,3)4)12(16-5)13(17-6)14(18-7)19-10/h11-14H,1H2,2-9H3/t11-,12+,13-,14+/m1/s1. The maximum Gasteiger partial charge on any atom is 0.228 e. The van der Waals surface area contributed by atoms with Crippen molar-refractivity contribution in [3.05, 3.63) is 12.3 Å². The summed E-state index contributed by atoms with van der Waals surface area (Å²) in [5.74, 6) is 0.534. The molecule has 1 rings (SSSR count). The minimum atomic E-state index is -1.98. The van der Waals surface area contributed by atoms with E-state index in [1.165, 1.54) is 0 Å². The van der Waals surface area contributed by atoms with Crippen molar-refractivity contribution >= 4 is 8.32 Å². The van der Waals surface area contributed by atoms with E-state index in [4.69, 9.17) is 23.4 Å². The molecule has 0 amide bonds. The Bertz CT molecular complexity index is 364. The van der Waals surface area contributed by atoms with E-state index in [0.717, 1.165) is 0 Å². The molecule has 1 aliphatic rings. The molecule has 124 valence electrons. The molecule has 0 bridgehead atoms. The first-order valence-electron chi connectivity index (χ1n) is 7.20. The van der Waals surface area contributed by atoms with Crippen LogP contribution in [0.4, 0.5) is 0 Å². The van der Waals surface area contributed by atoms with Crippen molar-refractivity contribution in [1.82, 2.24) is 0 Å². The van der Waals surface area contributed by atoms with E-state index in [9.17, 15) is 0 Å². The summed E-state index contributed by atoms with van der Waals surface area (Å²) in [6.07, 6.45) is -1.56. The number of methoxy groups -OCH3 is 3. The predicted molar refractivity (Wildman–Crippen MR) is 84.7 cm³/mol. The van der Waals surface area contributed by atoms with E-state index in [2.05, 4.69) is 40.4 Å². The van der Waals surface area contributed by atoms with Gasteiger partial charge in [-0.25, -0.2) is 0 Å². The van der Waals surface area contributed by atoms with Crippen molar-refractivity contribution in [2.75, 3.05) is 21.3 Å². The van der Waals surface area contributed by atoms with Crippen molar-refractivity contribution in [1.29, 1.82) is 0 Å². The van der Waals surface area contributed by atoms with Crippen LogP contribution >= 0.6 is 0 Å². The van der Waals surface area contributed by atoms with Crippen LogP contribution in [0.15, 0.2) is 12.3 Å². The zero-order valence-electron chi connectivity index (χ0n) is 14.6. The molecule has 1 fully saturated rings. The lowest BCUT2D eigenvalue weighted by atomic mass is 10.0. The Labute approximate surface area is 129 Å². The number of ether oxygens (including phenoxy) is 4. The lowest BCUT2D eigenvalue weighted by Crippen LogP contribution is -2.58. The molecule has 1 heterocycles. The van der Waals surface area contributed by atoms with Crippen LogP contribution in [0.3, 0.4) is 0 Å². The predicted octanol–water partition coefficient (Wildman–Crippen LogP) is 2.92. The van der Waals surface area contributed by atoms with Crippen molar-refractivity contribution in [3.8, 4) is 0 Å². The van der Waals surface area contributed by atoms with Crippen LogP contribution in [0.2, 0.25) is 18.1 Å². The second-order valence-corrected chi connectivity index (χ2v) is 11.6. The van der Waals surface area contributed by atoms with Crippen LogP contribution in [0.1, 0.15) is 20.8 Å². The Kier molecular flexibility index (Phi) is 6.03. The first kappa shape index (κ1) is 18.6. The number of hydrogen-bond acceptors (Lipinski definition) is 5. The highest BCUT2D eigenvalue weighted by Crippen LogP contribution is 2.40. The van der Waals surface area contributed by atoms with Crippen LogP contribution in [0.25, 0.3) is 0 Å². The maximum absolute atomic E-state index is 6.44. The summed E-state index contributed by atoms with van der Waals surface area (Å²) in [4.78, 5) is 0. The van der Waals surface area contributed by atoms with Crippen molar-refractivity contribution in [3.63, 3.8) is 0 Å². The summed E-state index contributed by atoms with van der Waals surface area (Å²) in [6, 6.07) is 0. The van der Waals surface area contributed by atoms with E-state index >= 15 is 0 Å². The Hall–Kier alpha value is -0.403. The minimum absolute atomic E-state index is 0.0895. The number of rotatable bonds is 5. The topological polar surface area (TPSA) is 46.2 Å². The molecule has 0 radical (unpaired) electrons. The van der Waals surface area contributed by atoms with Crippen LogP contribution in [-0.2, 0) is 23.4 Å². The van der Waals surface area contributed by atoms with Gasteiger partial charge in [-0.2, -0.15) is 0 Å². The van der Waals surface area contributed by atoms with Gasteiger partial charge < -0.3 is 23.4 Å². The average Bonchev–Trinajstić information content (AvgIpc) is 2.38. The smallest absolute Gasteiger partial charge is 0.228 e. The molecule has 0 N–H and O–H groups in total. The van der Waals surface area contributed by atoms with Crippen molar-refractivity contribution in [2.24, 2.45) is 0 Å². The normalized spacial score (nSPS) is 31.1. The lowest BCUT2D eigenvalue weighted by molar-refractivity contribution is -0.245. The molecule has 0 unspecified atom stereocenters. The quantitative estimate of drug-likeness (QED) is 0.729. The summed E-state index contributed by atoms with van der Waals surface area (Å²) >= 11 is 0. The first-order chi connectivity index (χ1) is 9.59. The Morgan fingerprint density at radius 3 is 1.90 bits per heavy atom. The van der Waals surface area contributed by atoms with Gasteiger partial charge in [0.25, 0.3) is 0 Å². The SMILES string of the molecule is C=C1O[C@H](OC)[C@H](OC)[C@@H](OC)[C@@H]1O[Si](C)(C)C(C)(C)C. The molecule has 0 saturated carbocycles. The average molecular weight is 318 g/mol. The van der Waals surface area contributed by atoms with E-state index in [0.29, 0.717) is 5.76 Å². The molecule has 0 aromatic carbocycles. The van der Waals surface area contributed by atoms with Gasteiger partial charge in [-0.15, -0.1) is 0 Å². The Morgan fingerprint density at radius 1 is 1.00 bits per heavy atom. The van der Waals surface area contributed by atoms with Crippen LogP contribution < -0.4 is 0 Å². The molecule has 1 saturated heterocycles. The van der Waals surface area contributed by atoms with E-state index in [-0.39, 0.29) is 23.4 Å². The zero-order valence-corrected chi connectivity index (χ0v) is 15.6. The highest BCUT2D eigenvalue weighted by atomic mass is 28.4. The molecule has 21 heavy (non-hydrogen) atoms. The van der Waals surface area contributed by atoms with E-state index in [1.807, 2.05) is 0 Å². The van der Waals surface area contributed by atoms with Crippen LogP contribution in [0, 0.1) is 0 Å². The molecule has 0 spiro atoms. The van der Waals surface area contributed by atoms with Gasteiger partial charge in [0.15, 0.2) is 8.32 Å². The van der Waals surface area contributed by atoms with Gasteiger partial charge >= 0.3 is 0 Å². The Morgan fingerprint density at radius 2 is 1.52 bits per heavy atom.